The molecule has 0 radical (unpaired) electrons. The molecule has 0 saturated carbocycles. The van der Waals surface area contributed by atoms with E-state index in [9.17, 15) is 29.7 Å². The molecule has 240 valence electrons. The second-order valence-electron chi connectivity index (χ2n) is 12.1. The Labute approximate surface area is 262 Å². The van der Waals surface area contributed by atoms with Crippen molar-refractivity contribution in [3.63, 3.8) is 0 Å². The molecule has 8 heteroatoms. The van der Waals surface area contributed by atoms with E-state index in [0.29, 0.717) is 24.8 Å². The van der Waals surface area contributed by atoms with E-state index in [0.717, 1.165) is 55.6 Å². The lowest BCUT2D eigenvalue weighted by Gasteiger charge is -2.32. The molecule has 8 nitrogen and oxygen atoms in total. The highest BCUT2D eigenvalue weighted by Gasteiger charge is 2.35. The Balaban J connectivity index is 1.97. The van der Waals surface area contributed by atoms with Gasteiger partial charge in [0.2, 0.25) is 5.91 Å². The zero-order chi connectivity index (χ0) is 32.1. The van der Waals surface area contributed by atoms with E-state index >= 15 is 0 Å². The number of fused-ring (bicyclic) bond motifs is 1. The van der Waals surface area contributed by atoms with Gasteiger partial charge in [-0.25, -0.2) is 0 Å². The predicted molar refractivity (Wildman–Crippen MR) is 174 cm³/mol. The van der Waals surface area contributed by atoms with Gasteiger partial charge in [-0.2, -0.15) is 0 Å². The van der Waals surface area contributed by atoms with Gasteiger partial charge in [-0.3, -0.25) is 19.3 Å². The van der Waals surface area contributed by atoms with Crippen LogP contribution in [-0.2, 0) is 16.0 Å². The first-order valence-corrected chi connectivity index (χ1v) is 16.1. The van der Waals surface area contributed by atoms with Gasteiger partial charge in [0.15, 0.2) is 5.78 Å². The molecule has 0 bridgehead atoms. The summed E-state index contributed by atoms with van der Waals surface area (Å²) in [5.41, 5.74) is 9.65. The van der Waals surface area contributed by atoms with E-state index in [1.165, 1.54) is 5.57 Å². The second-order valence-corrected chi connectivity index (χ2v) is 12.1. The lowest BCUT2D eigenvalue weighted by Crippen LogP contribution is -2.33. The zero-order valence-corrected chi connectivity index (χ0v) is 26.3. The van der Waals surface area contributed by atoms with Crippen LogP contribution in [0.4, 0.5) is 0 Å². The Morgan fingerprint density at radius 3 is 2.36 bits per heavy atom. The average molecular weight is 607 g/mol. The maximum atomic E-state index is 13.5. The summed E-state index contributed by atoms with van der Waals surface area (Å²) in [6.45, 7) is 6.72. The van der Waals surface area contributed by atoms with Crippen molar-refractivity contribution < 1.29 is 29.7 Å². The number of nitrogens with zero attached hydrogens (tertiary/aromatic N) is 1. The van der Waals surface area contributed by atoms with Crippen LogP contribution in [0.5, 0.6) is 5.75 Å². The molecular formula is C36H50N2O6. The van der Waals surface area contributed by atoms with Gasteiger partial charge in [-0.1, -0.05) is 61.9 Å². The van der Waals surface area contributed by atoms with Crippen LogP contribution < -0.4 is 5.73 Å². The number of phenols is 1. The summed E-state index contributed by atoms with van der Waals surface area (Å²) in [7, 11) is 0. The molecule has 0 saturated heterocycles. The number of aliphatic hydroxyl groups is 2. The smallest absolute Gasteiger partial charge is 0.224 e. The molecule has 0 aromatic heterocycles. The van der Waals surface area contributed by atoms with Crippen molar-refractivity contribution in [2.45, 2.75) is 71.6 Å². The van der Waals surface area contributed by atoms with Gasteiger partial charge in [0.05, 0.1) is 18.6 Å². The maximum absolute atomic E-state index is 13.5. The Bertz CT molecular complexity index is 1270. The molecule has 0 aliphatic heterocycles. The van der Waals surface area contributed by atoms with Crippen molar-refractivity contribution in [1.29, 1.82) is 0 Å². The minimum Gasteiger partial charge on any atom is -0.507 e. The quantitative estimate of drug-likeness (QED) is 0.196. The molecule has 3 rings (SSSR count). The Morgan fingerprint density at radius 1 is 1.02 bits per heavy atom. The van der Waals surface area contributed by atoms with Gasteiger partial charge < -0.3 is 21.1 Å². The number of primary amides is 1. The normalized spacial score (nSPS) is 18.4. The lowest BCUT2D eigenvalue weighted by atomic mass is 9.72. The average Bonchev–Trinajstić information content (AvgIpc) is 2.97. The minimum atomic E-state index is -0.850. The predicted octanol–water partition coefficient (Wildman–Crippen LogP) is 4.92. The molecule has 0 heterocycles. The van der Waals surface area contributed by atoms with E-state index in [2.05, 4.69) is 49.1 Å². The number of carbonyl (C=O) groups is 3. The van der Waals surface area contributed by atoms with Crippen molar-refractivity contribution in [3.05, 3.63) is 70.9 Å². The number of Topliss-reactive ketones (excluding diaryl/α,β-unsaturated/α-hetero) is 2. The fourth-order valence-electron chi connectivity index (χ4n) is 6.68. The van der Waals surface area contributed by atoms with Crippen molar-refractivity contribution in [2.75, 3.05) is 32.8 Å². The van der Waals surface area contributed by atoms with Gasteiger partial charge in [-0.05, 0) is 92.6 Å². The number of nitrogens with two attached hydrogens (primary N) is 1. The Hall–Kier alpha value is -3.33. The Kier molecular flexibility index (Phi) is 14.2. The molecule has 5 N–H and O–H groups in total. The highest BCUT2D eigenvalue weighted by Crippen LogP contribution is 2.40. The monoisotopic (exact) mass is 606 g/mol. The first-order chi connectivity index (χ1) is 21.2. The summed E-state index contributed by atoms with van der Waals surface area (Å²) < 4.78 is 0. The van der Waals surface area contributed by atoms with Crippen LogP contribution in [0.3, 0.4) is 0 Å². The van der Waals surface area contributed by atoms with Crippen molar-refractivity contribution >= 4 is 23.0 Å². The van der Waals surface area contributed by atoms with E-state index < -0.39 is 36.6 Å². The number of aromatic hydroxyl groups is 1. The van der Waals surface area contributed by atoms with Gasteiger partial charge in [0.25, 0.3) is 0 Å². The topological polar surface area (TPSA) is 141 Å². The highest BCUT2D eigenvalue weighted by molar-refractivity contribution is 6.02. The third-order valence-corrected chi connectivity index (χ3v) is 8.67. The van der Waals surface area contributed by atoms with Crippen molar-refractivity contribution in [3.8, 4) is 5.75 Å². The highest BCUT2D eigenvalue weighted by atomic mass is 16.3. The molecule has 44 heavy (non-hydrogen) atoms. The van der Waals surface area contributed by atoms with Crippen molar-refractivity contribution in [1.82, 2.24) is 4.90 Å². The number of aliphatic hydroxyl groups excluding tert-OH is 2. The SMILES string of the molecule is CCCN(CCC)CC1=CC=C(c2ccc(O)c3c2CC(CC(CCO)C(CO)C(=O)CC(N)=O)CC3=O)CC=CC=CC1. The van der Waals surface area contributed by atoms with Crippen LogP contribution >= 0.6 is 0 Å². The fourth-order valence-corrected chi connectivity index (χ4v) is 6.68. The van der Waals surface area contributed by atoms with E-state index in [1.54, 1.807) is 6.07 Å². The molecule has 0 spiro atoms. The zero-order valence-electron chi connectivity index (χ0n) is 26.3. The molecular weight excluding hydrogens is 556 g/mol. The summed E-state index contributed by atoms with van der Waals surface area (Å²) in [5.74, 6) is -2.84. The number of benzene rings is 1. The summed E-state index contributed by atoms with van der Waals surface area (Å²) >= 11 is 0. The van der Waals surface area contributed by atoms with Crippen LogP contribution in [0.15, 0.2) is 54.2 Å². The van der Waals surface area contributed by atoms with Gasteiger partial charge in [-0.15, -0.1) is 0 Å². The second kappa shape index (κ2) is 17.8. The van der Waals surface area contributed by atoms with Crippen LogP contribution in [-0.4, -0.2) is 70.5 Å². The van der Waals surface area contributed by atoms with E-state index in [-0.39, 0.29) is 36.9 Å². The fraction of sp³-hybridized carbons (Fsp3) is 0.528. The standard InChI is InChI=1S/C36H50N2O6/c1-3-16-38(17-4-2)23-25-9-7-5-6-8-10-27(12-11-25)29-13-14-32(41)36-30(29)20-26(21-34(36)43)19-28(15-18-39)31(24-40)33(42)22-35(37)44/h5-8,11-14,26,28,31,39-41H,3-4,9-10,15-24H2,1-2H3,(H2,37,44). The molecule has 2 aliphatic rings. The summed E-state index contributed by atoms with van der Waals surface area (Å²) in [5, 5.41) is 30.6. The van der Waals surface area contributed by atoms with E-state index in [4.69, 9.17) is 5.73 Å². The number of amides is 1. The third kappa shape index (κ3) is 9.84. The van der Waals surface area contributed by atoms with Crippen LogP contribution in [0.1, 0.15) is 86.7 Å². The number of ketones is 2. The van der Waals surface area contributed by atoms with Crippen LogP contribution in [0.2, 0.25) is 0 Å². The number of hydrogen-bond donors (Lipinski definition) is 4. The molecule has 0 fully saturated rings. The number of carbonyl (C=O) groups excluding carboxylic acids is 3. The van der Waals surface area contributed by atoms with E-state index in [1.807, 2.05) is 12.1 Å². The number of rotatable bonds is 16. The third-order valence-electron chi connectivity index (χ3n) is 8.67. The Morgan fingerprint density at radius 2 is 1.73 bits per heavy atom. The summed E-state index contributed by atoms with van der Waals surface area (Å²) in [6, 6.07) is 3.49. The van der Waals surface area contributed by atoms with Gasteiger partial charge >= 0.3 is 0 Å². The first-order valence-electron chi connectivity index (χ1n) is 16.1. The molecule has 2 aliphatic carbocycles. The number of phenolic OH excluding ortho intramolecular Hbond substituents is 1. The summed E-state index contributed by atoms with van der Waals surface area (Å²) in [6.07, 6.45) is 17.3. The molecule has 1 amide bonds. The van der Waals surface area contributed by atoms with Crippen LogP contribution in [0, 0.1) is 17.8 Å². The first kappa shape index (κ1) is 35.2. The van der Waals surface area contributed by atoms with Gasteiger partial charge in [0.1, 0.15) is 11.5 Å². The molecule has 3 unspecified atom stereocenters. The van der Waals surface area contributed by atoms with Crippen LogP contribution in [0.25, 0.3) is 5.57 Å². The lowest BCUT2D eigenvalue weighted by molar-refractivity contribution is -0.131. The van der Waals surface area contributed by atoms with Crippen molar-refractivity contribution in [2.24, 2.45) is 23.5 Å². The summed E-state index contributed by atoms with van der Waals surface area (Å²) in [4.78, 5) is 40.1. The minimum absolute atomic E-state index is 0.0334. The number of hydrogen-bond acceptors (Lipinski definition) is 7. The largest absolute Gasteiger partial charge is 0.507 e. The molecule has 1 aromatic rings. The maximum Gasteiger partial charge on any atom is 0.224 e. The molecule has 3 atom stereocenters. The van der Waals surface area contributed by atoms with Gasteiger partial charge in [0, 0.05) is 25.5 Å². The number of allylic oxidation sites excluding steroid dienone is 7. The molecule has 1 aromatic carbocycles.